The third-order valence-corrected chi connectivity index (χ3v) is 18.4. The molecule has 2 aliphatic heterocycles. The number of pyridine rings is 1. The summed E-state index contributed by atoms with van der Waals surface area (Å²) < 4.78 is 24.4. The van der Waals surface area contributed by atoms with E-state index in [0.717, 1.165) is 76.8 Å². The van der Waals surface area contributed by atoms with Crippen molar-refractivity contribution in [1.82, 2.24) is 0 Å². The first-order chi connectivity index (χ1) is 26.6. The lowest BCUT2D eigenvalue weighted by Gasteiger charge is -2.73. The van der Waals surface area contributed by atoms with Gasteiger partial charge in [-0.25, -0.2) is 0 Å². The zero-order valence-corrected chi connectivity index (χ0v) is 35.8. The number of rotatable bonds is 3. The lowest BCUT2D eigenvalue weighted by Crippen LogP contribution is -2.67. The lowest BCUT2D eigenvalue weighted by atomic mass is 9.32. The van der Waals surface area contributed by atoms with Crippen LogP contribution < -0.4 is 28.6 Å². The number of nitrogens with zero attached hydrogens (tertiary/aromatic N) is 1. The Hall–Kier alpha value is -3.25. The van der Waals surface area contributed by atoms with Gasteiger partial charge in [0.15, 0.2) is 35.7 Å². The van der Waals surface area contributed by atoms with Gasteiger partial charge >= 0.3 is 0 Å². The summed E-state index contributed by atoms with van der Waals surface area (Å²) in [6.07, 6.45) is 15.9. The average molecular weight is 762 g/mol. The number of aromatic nitrogens is 1. The molecule has 0 unspecified atom stereocenters. The second kappa shape index (κ2) is 13.1. The number of ether oxygens (including phenoxy) is 4. The first-order valence-electron chi connectivity index (χ1n) is 21.9. The smallest absolute Gasteiger partial charge is 0.231 e. The van der Waals surface area contributed by atoms with E-state index < -0.39 is 0 Å². The van der Waals surface area contributed by atoms with Crippen molar-refractivity contribution in [3.05, 3.63) is 54.2 Å². The molecule has 10 atom stereocenters. The van der Waals surface area contributed by atoms with Crippen LogP contribution in [0.5, 0.6) is 23.0 Å². The van der Waals surface area contributed by atoms with Crippen LogP contribution in [0.2, 0.25) is 0 Å². The molecule has 0 bridgehead atoms. The molecular formula is C50H67NO5. The van der Waals surface area contributed by atoms with E-state index in [4.69, 9.17) is 18.9 Å². The molecule has 0 N–H and O–H groups in total. The Morgan fingerprint density at radius 3 is 2.32 bits per heavy atom. The van der Waals surface area contributed by atoms with Gasteiger partial charge in [0.05, 0.1) is 25.2 Å². The predicted octanol–water partition coefficient (Wildman–Crippen LogP) is 10.5. The molecule has 5 aliphatic carbocycles. The Labute approximate surface area is 336 Å². The number of aryl methyl sites for hydroxylation is 2. The topological polar surface area (TPSA) is 63.9 Å². The lowest BCUT2D eigenvalue weighted by molar-refractivity contribution is -0.686. The van der Waals surface area contributed by atoms with E-state index in [9.17, 15) is 5.11 Å². The van der Waals surface area contributed by atoms with Crippen LogP contribution >= 0.6 is 0 Å². The van der Waals surface area contributed by atoms with Crippen LogP contribution in [0.4, 0.5) is 0 Å². The number of fused-ring (bicyclic) bond motifs is 12. The van der Waals surface area contributed by atoms with Crippen LogP contribution in [0.15, 0.2) is 48.7 Å². The van der Waals surface area contributed by atoms with Gasteiger partial charge in [-0.3, -0.25) is 0 Å². The van der Waals surface area contributed by atoms with Crippen LogP contribution in [0.3, 0.4) is 0 Å². The van der Waals surface area contributed by atoms with E-state index in [0.29, 0.717) is 34.4 Å². The highest BCUT2D eigenvalue weighted by molar-refractivity contribution is 5.91. The van der Waals surface area contributed by atoms with Gasteiger partial charge in [0, 0.05) is 12.5 Å². The molecule has 6 heteroatoms. The fourth-order valence-electron chi connectivity index (χ4n) is 15.2. The molecule has 0 radical (unpaired) electrons. The monoisotopic (exact) mass is 762 g/mol. The highest BCUT2D eigenvalue weighted by Crippen LogP contribution is 2.77. The Bertz CT molecular complexity index is 2070. The highest BCUT2D eigenvalue weighted by Gasteiger charge is 2.69. The van der Waals surface area contributed by atoms with Gasteiger partial charge in [-0.1, -0.05) is 60.1 Å². The van der Waals surface area contributed by atoms with E-state index in [-0.39, 0.29) is 11.5 Å². The number of hydrogen-bond acceptors (Lipinski definition) is 5. The predicted molar refractivity (Wildman–Crippen MR) is 221 cm³/mol. The molecule has 0 spiro atoms. The highest BCUT2D eigenvalue weighted by atomic mass is 16.7. The van der Waals surface area contributed by atoms with E-state index in [2.05, 4.69) is 90.1 Å². The van der Waals surface area contributed by atoms with Crippen LogP contribution in [-0.4, -0.2) is 27.1 Å². The van der Waals surface area contributed by atoms with E-state index in [1.807, 2.05) is 6.07 Å². The van der Waals surface area contributed by atoms with Crippen molar-refractivity contribution in [3.8, 4) is 34.3 Å². The fraction of sp³-hybridized carbons (Fsp3) is 0.660. The summed E-state index contributed by atoms with van der Waals surface area (Å²) in [4.78, 5) is 0. The average Bonchev–Trinajstić information content (AvgIpc) is 3.79. The van der Waals surface area contributed by atoms with E-state index >= 15 is 0 Å². The van der Waals surface area contributed by atoms with E-state index in [1.165, 1.54) is 80.2 Å². The maximum Gasteiger partial charge on any atom is 0.231 e. The van der Waals surface area contributed by atoms with E-state index in [1.54, 1.807) is 14.2 Å². The summed E-state index contributed by atoms with van der Waals surface area (Å²) in [5.74, 6) is 7.04. The SMILES string of the molecule is C=C(C)[C@@H]1CC[C@]2(C)CC[C@]3(C)[C@H](CC[C@@H]4[C@@]5(C)CC[C@H]([O-])C(C)(C)[C@@H]5CC[C@]43C)[C@@H]12.COc1ccc2cc3[n+](cc2c1OC)CCc1cc2c(cc1-3)OCO2. The molecule has 5 saturated carbocycles. The van der Waals surface area contributed by atoms with Gasteiger partial charge in [0.25, 0.3) is 0 Å². The van der Waals surface area contributed by atoms with Crippen molar-refractivity contribution in [2.75, 3.05) is 21.0 Å². The second-order valence-corrected chi connectivity index (χ2v) is 21.0. The van der Waals surface area contributed by atoms with Crippen LogP contribution in [0, 0.1) is 56.7 Å². The minimum atomic E-state index is -0.368. The van der Waals surface area contributed by atoms with Gasteiger partial charge in [0.2, 0.25) is 12.5 Å². The van der Waals surface area contributed by atoms with Crippen LogP contribution in [0.25, 0.3) is 22.0 Å². The molecule has 6 nitrogen and oxygen atoms in total. The molecule has 2 aromatic carbocycles. The molecular weight excluding hydrogens is 695 g/mol. The van der Waals surface area contributed by atoms with Gasteiger partial charge in [-0.2, -0.15) is 4.57 Å². The molecule has 302 valence electrons. The molecule has 3 aromatic rings. The maximum absolute atomic E-state index is 13.0. The van der Waals surface area contributed by atoms with Crippen molar-refractivity contribution < 1.29 is 28.6 Å². The standard InChI is InChI=1S/C30H49O.C20H18NO4/c1-19(2)20-11-14-27(5)17-18-29(7)21(25(20)27)9-10-23-28(6)15-13-24(31)26(3,4)22(28)12-16-30(23,29)8;1-22-17-4-3-12-7-16-14-9-19-18(24-11-25-19)8-13(14)5-6-21(16)10-15(12)20(17)23-2/h20-25H,1,9-18H2,2-8H3;3-4,7-10H,5-6,11H2,1-2H3/q-1;+1/t20-,21+,22-,23+,24-,25+,27+,28-,29+,30+;/m0./s1. The molecule has 0 saturated heterocycles. The van der Waals surface area contributed by atoms with Gasteiger partial charge < -0.3 is 24.1 Å². The van der Waals surface area contributed by atoms with Gasteiger partial charge in [-0.05, 0) is 157 Å². The second-order valence-electron chi connectivity index (χ2n) is 21.0. The summed E-state index contributed by atoms with van der Waals surface area (Å²) in [5.41, 5.74) is 6.86. The fourth-order valence-corrected chi connectivity index (χ4v) is 15.2. The zero-order chi connectivity index (χ0) is 39.6. The van der Waals surface area contributed by atoms with Crippen LogP contribution in [-0.2, 0) is 13.0 Å². The summed E-state index contributed by atoms with van der Waals surface area (Å²) in [6.45, 7) is 23.3. The number of allylic oxidation sites excluding steroid dienone is 1. The normalized spacial score (nSPS) is 38.4. The molecule has 0 amide bonds. The third-order valence-electron chi connectivity index (χ3n) is 18.4. The largest absolute Gasteiger partial charge is 0.852 e. The minimum Gasteiger partial charge on any atom is -0.852 e. The van der Waals surface area contributed by atoms with Crippen molar-refractivity contribution in [3.63, 3.8) is 0 Å². The van der Waals surface area contributed by atoms with Crippen molar-refractivity contribution in [2.24, 2.45) is 56.7 Å². The molecule has 56 heavy (non-hydrogen) atoms. The first-order valence-corrected chi connectivity index (χ1v) is 21.9. The summed E-state index contributed by atoms with van der Waals surface area (Å²) in [6, 6.07) is 10.4. The Balaban J connectivity index is 0.000000149. The van der Waals surface area contributed by atoms with Gasteiger partial charge in [0.1, 0.15) is 0 Å². The van der Waals surface area contributed by atoms with Crippen molar-refractivity contribution >= 4 is 10.8 Å². The summed E-state index contributed by atoms with van der Waals surface area (Å²) in [7, 11) is 3.34. The summed E-state index contributed by atoms with van der Waals surface area (Å²) in [5, 5.41) is 15.1. The van der Waals surface area contributed by atoms with Crippen molar-refractivity contribution in [1.29, 1.82) is 0 Å². The Kier molecular flexibility index (Phi) is 8.98. The number of benzene rings is 2. The zero-order valence-electron chi connectivity index (χ0n) is 35.8. The molecule has 5 fully saturated rings. The summed E-state index contributed by atoms with van der Waals surface area (Å²) >= 11 is 0. The molecule has 10 rings (SSSR count). The number of hydrogen-bond donors (Lipinski definition) is 0. The molecule has 7 aliphatic rings. The van der Waals surface area contributed by atoms with Crippen LogP contribution in [0.1, 0.15) is 118 Å². The minimum absolute atomic E-state index is 0.0479. The van der Waals surface area contributed by atoms with Crippen molar-refractivity contribution in [2.45, 2.75) is 132 Å². The maximum atomic E-state index is 13.0. The Morgan fingerprint density at radius 2 is 1.59 bits per heavy atom. The Morgan fingerprint density at radius 1 is 0.821 bits per heavy atom. The molecule has 1 aromatic heterocycles. The first kappa shape index (κ1) is 38.3. The molecule has 3 heterocycles. The van der Waals surface area contributed by atoms with Gasteiger partial charge in [-0.15, -0.1) is 6.10 Å². The quantitative estimate of drug-likeness (QED) is 0.196. The third kappa shape index (κ3) is 5.31. The number of methoxy groups -OCH3 is 2.